The van der Waals surface area contributed by atoms with Crippen molar-refractivity contribution in [3.63, 3.8) is 0 Å². The molecule has 0 aromatic carbocycles. The van der Waals surface area contributed by atoms with Crippen molar-refractivity contribution in [3.05, 3.63) is 10.8 Å². The number of aromatic nitrogens is 2. The molecule has 0 bridgehead atoms. The molecular formula is C12H16BrF3N4. The van der Waals surface area contributed by atoms with E-state index >= 15 is 0 Å². The zero-order valence-electron chi connectivity index (χ0n) is 11.0. The van der Waals surface area contributed by atoms with Gasteiger partial charge in [0.2, 0.25) is 0 Å². The molecule has 1 saturated heterocycles. The second-order valence-electron chi connectivity index (χ2n) is 4.72. The molecule has 1 aliphatic heterocycles. The average molecular weight is 353 g/mol. The Balaban J connectivity index is 2.21. The van der Waals surface area contributed by atoms with Gasteiger partial charge in [-0.1, -0.05) is 0 Å². The van der Waals surface area contributed by atoms with E-state index in [0.717, 1.165) is 0 Å². The Labute approximate surface area is 123 Å². The number of nitrogens with one attached hydrogen (secondary N) is 1. The number of hydrogen-bond acceptors (Lipinski definition) is 4. The number of anilines is 2. The summed E-state index contributed by atoms with van der Waals surface area (Å²) in [7, 11) is 0. The number of halogens is 4. The van der Waals surface area contributed by atoms with Gasteiger partial charge < -0.3 is 10.2 Å². The van der Waals surface area contributed by atoms with Gasteiger partial charge in [-0.05, 0) is 35.7 Å². The lowest BCUT2D eigenvalue weighted by atomic mass is 9.97. The fraction of sp³-hybridized carbons (Fsp3) is 0.667. The van der Waals surface area contributed by atoms with Gasteiger partial charge >= 0.3 is 6.18 Å². The maximum Gasteiger partial charge on any atom is 0.393 e. The molecule has 1 unspecified atom stereocenters. The standard InChI is InChI=1S/C12H16BrF3N4/c1-2-17-10-9(13)11(19-7-18-10)20-5-3-4-8(6-20)12(14,15)16/h7-8H,2-6H2,1H3,(H,17,18,19). The van der Waals surface area contributed by atoms with Crippen LogP contribution in [0, 0.1) is 5.92 Å². The molecule has 0 radical (unpaired) electrons. The summed E-state index contributed by atoms with van der Waals surface area (Å²) in [6.45, 7) is 3.13. The van der Waals surface area contributed by atoms with Gasteiger partial charge in [-0.15, -0.1) is 0 Å². The van der Waals surface area contributed by atoms with Crippen LogP contribution in [-0.2, 0) is 0 Å². The van der Waals surface area contributed by atoms with Crippen molar-refractivity contribution in [1.82, 2.24) is 9.97 Å². The van der Waals surface area contributed by atoms with Crippen molar-refractivity contribution < 1.29 is 13.2 Å². The van der Waals surface area contributed by atoms with E-state index < -0.39 is 12.1 Å². The van der Waals surface area contributed by atoms with Crippen LogP contribution in [-0.4, -0.2) is 35.8 Å². The van der Waals surface area contributed by atoms with Crippen LogP contribution in [0.4, 0.5) is 24.8 Å². The second-order valence-corrected chi connectivity index (χ2v) is 5.51. The fourth-order valence-corrected chi connectivity index (χ4v) is 2.90. The first-order valence-corrected chi connectivity index (χ1v) is 7.28. The highest BCUT2D eigenvalue weighted by Gasteiger charge is 2.42. The van der Waals surface area contributed by atoms with Crippen molar-refractivity contribution >= 4 is 27.6 Å². The SMILES string of the molecule is CCNc1ncnc(N2CCCC(C(F)(F)F)C2)c1Br. The van der Waals surface area contributed by atoms with Crippen molar-refractivity contribution in [1.29, 1.82) is 0 Å². The predicted octanol–water partition coefficient (Wildman–Crippen LogP) is 3.45. The predicted molar refractivity (Wildman–Crippen MR) is 74.9 cm³/mol. The van der Waals surface area contributed by atoms with E-state index in [-0.39, 0.29) is 13.0 Å². The fourth-order valence-electron chi connectivity index (χ4n) is 2.31. The minimum atomic E-state index is -4.15. The second kappa shape index (κ2) is 6.15. The van der Waals surface area contributed by atoms with Crippen molar-refractivity contribution in [2.24, 2.45) is 5.92 Å². The first-order chi connectivity index (χ1) is 9.43. The zero-order chi connectivity index (χ0) is 14.8. The van der Waals surface area contributed by atoms with E-state index in [1.165, 1.54) is 6.33 Å². The molecular weight excluding hydrogens is 337 g/mol. The number of piperidine rings is 1. The Morgan fingerprint density at radius 3 is 2.85 bits per heavy atom. The molecule has 112 valence electrons. The molecule has 0 amide bonds. The number of rotatable bonds is 3. The lowest BCUT2D eigenvalue weighted by Crippen LogP contribution is -2.42. The maximum atomic E-state index is 12.8. The summed E-state index contributed by atoms with van der Waals surface area (Å²) in [6.07, 6.45) is -2.09. The first kappa shape index (κ1) is 15.3. The minimum absolute atomic E-state index is 0.0509. The third-order valence-electron chi connectivity index (χ3n) is 3.30. The molecule has 2 rings (SSSR count). The number of hydrogen-bond donors (Lipinski definition) is 1. The Hall–Kier alpha value is -1.05. The third kappa shape index (κ3) is 3.34. The van der Waals surface area contributed by atoms with Gasteiger partial charge in [0.05, 0.1) is 5.92 Å². The van der Waals surface area contributed by atoms with Gasteiger partial charge in [-0.2, -0.15) is 13.2 Å². The minimum Gasteiger partial charge on any atom is -0.369 e. The molecule has 4 nitrogen and oxygen atoms in total. The van der Waals surface area contributed by atoms with Crippen LogP contribution < -0.4 is 10.2 Å². The highest BCUT2D eigenvalue weighted by atomic mass is 79.9. The molecule has 0 aliphatic carbocycles. The Kier molecular flexibility index (Phi) is 4.72. The molecule has 1 atom stereocenters. The largest absolute Gasteiger partial charge is 0.393 e. The normalized spacial score (nSPS) is 20.1. The molecule has 20 heavy (non-hydrogen) atoms. The smallest absolute Gasteiger partial charge is 0.369 e. The van der Waals surface area contributed by atoms with Gasteiger partial charge in [0.15, 0.2) is 0 Å². The molecule has 8 heteroatoms. The average Bonchev–Trinajstić information content (AvgIpc) is 2.41. The van der Waals surface area contributed by atoms with Crippen LogP contribution in [0.3, 0.4) is 0 Å². The van der Waals surface area contributed by atoms with Gasteiger partial charge in [-0.3, -0.25) is 0 Å². The maximum absolute atomic E-state index is 12.8. The van der Waals surface area contributed by atoms with E-state index in [0.29, 0.717) is 35.6 Å². The molecule has 1 aromatic rings. The molecule has 1 N–H and O–H groups in total. The van der Waals surface area contributed by atoms with Gasteiger partial charge in [-0.25, -0.2) is 9.97 Å². The lowest BCUT2D eigenvalue weighted by molar-refractivity contribution is -0.176. The topological polar surface area (TPSA) is 41.1 Å². The summed E-state index contributed by atoms with van der Waals surface area (Å²) in [5.74, 6) is -0.169. The number of alkyl halides is 3. The molecule has 1 aliphatic rings. The third-order valence-corrected chi connectivity index (χ3v) is 4.03. The van der Waals surface area contributed by atoms with Crippen molar-refractivity contribution in [2.75, 3.05) is 29.9 Å². The quantitative estimate of drug-likeness (QED) is 0.904. The van der Waals surface area contributed by atoms with Crippen LogP contribution in [0.1, 0.15) is 19.8 Å². The summed E-state index contributed by atoms with van der Waals surface area (Å²) >= 11 is 3.38. The van der Waals surface area contributed by atoms with E-state index in [9.17, 15) is 13.2 Å². The summed E-state index contributed by atoms with van der Waals surface area (Å²) in [6, 6.07) is 0. The summed E-state index contributed by atoms with van der Waals surface area (Å²) < 4.78 is 39.2. The Morgan fingerprint density at radius 2 is 2.20 bits per heavy atom. The Morgan fingerprint density at radius 1 is 1.45 bits per heavy atom. The van der Waals surface area contributed by atoms with E-state index in [1.54, 1.807) is 4.90 Å². The van der Waals surface area contributed by atoms with Crippen LogP contribution in [0.2, 0.25) is 0 Å². The highest BCUT2D eigenvalue weighted by Crippen LogP contribution is 2.37. The van der Waals surface area contributed by atoms with Gasteiger partial charge in [0, 0.05) is 19.6 Å². The lowest BCUT2D eigenvalue weighted by Gasteiger charge is -2.35. The zero-order valence-corrected chi connectivity index (χ0v) is 12.6. The summed E-state index contributed by atoms with van der Waals surface area (Å²) in [5, 5.41) is 3.05. The summed E-state index contributed by atoms with van der Waals surface area (Å²) in [4.78, 5) is 9.87. The van der Waals surface area contributed by atoms with Crippen LogP contribution in [0.15, 0.2) is 10.8 Å². The van der Waals surface area contributed by atoms with Crippen LogP contribution >= 0.6 is 15.9 Å². The van der Waals surface area contributed by atoms with E-state index in [1.807, 2.05) is 6.92 Å². The molecule has 0 saturated carbocycles. The van der Waals surface area contributed by atoms with Gasteiger partial charge in [0.25, 0.3) is 0 Å². The van der Waals surface area contributed by atoms with Gasteiger partial charge in [0.1, 0.15) is 22.4 Å². The first-order valence-electron chi connectivity index (χ1n) is 6.49. The molecule has 0 spiro atoms. The monoisotopic (exact) mass is 352 g/mol. The van der Waals surface area contributed by atoms with E-state index in [2.05, 4.69) is 31.2 Å². The highest BCUT2D eigenvalue weighted by molar-refractivity contribution is 9.10. The molecule has 1 aromatic heterocycles. The van der Waals surface area contributed by atoms with Crippen LogP contribution in [0.5, 0.6) is 0 Å². The van der Waals surface area contributed by atoms with E-state index in [4.69, 9.17) is 0 Å². The molecule has 1 fully saturated rings. The number of nitrogens with zero attached hydrogens (tertiary/aromatic N) is 3. The molecule has 2 heterocycles. The summed E-state index contributed by atoms with van der Waals surface area (Å²) in [5.41, 5.74) is 0. The van der Waals surface area contributed by atoms with Crippen molar-refractivity contribution in [2.45, 2.75) is 25.9 Å². The van der Waals surface area contributed by atoms with Crippen LogP contribution in [0.25, 0.3) is 0 Å². The Bertz CT molecular complexity index is 467. The van der Waals surface area contributed by atoms with Crippen molar-refractivity contribution in [3.8, 4) is 0 Å².